The van der Waals surface area contributed by atoms with Crippen molar-refractivity contribution in [1.82, 2.24) is 4.90 Å². The molecular formula is C29H34BrN3O5S. The first-order valence-corrected chi connectivity index (χ1v) is 15.2. The molecule has 3 aliphatic heterocycles. The molecule has 0 aromatic heterocycles. The van der Waals surface area contributed by atoms with E-state index in [-0.39, 0.29) is 41.0 Å². The topological polar surface area (TPSA) is 108 Å². The van der Waals surface area contributed by atoms with E-state index < -0.39 is 22.6 Å². The Bertz CT molecular complexity index is 1250. The minimum atomic E-state index is -0.751. The Balaban J connectivity index is 1.46. The molecule has 3 unspecified atom stereocenters. The number of carbonyl (C=O) groups excluding carboxylic acids is 3. The normalized spacial score (nSPS) is 28.9. The van der Waals surface area contributed by atoms with E-state index in [0.29, 0.717) is 30.9 Å². The number of nitrogens with zero attached hydrogens (tertiary/aromatic N) is 1. The number of nitrogens with one attached hydrogen (secondary N) is 2. The van der Waals surface area contributed by atoms with Crippen molar-refractivity contribution in [3.05, 3.63) is 53.6 Å². The zero-order valence-electron chi connectivity index (χ0n) is 22.3. The Kier molecular flexibility index (Phi) is 7.99. The second-order valence-electron chi connectivity index (χ2n) is 10.5. The highest BCUT2D eigenvalue weighted by Gasteiger charge is 2.75. The highest BCUT2D eigenvalue weighted by atomic mass is 79.9. The summed E-state index contributed by atoms with van der Waals surface area (Å²) in [5, 5.41) is 15.5. The van der Waals surface area contributed by atoms with Gasteiger partial charge in [-0.05, 0) is 69.0 Å². The molecule has 2 bridgehead atoms. The number of aliphatic hydroxyl groups excluding tert-OH is 1. The second kappa shape index (κ2) is 11.1. The average Bonchev–Trinajstić information content (AvgIpc) is 3.49. The van der Waals surface area contributed by atoms with Crippen LogP contribution < -0.4 is 15.4 Å². The maximum atomic E-state index is 14.0. The Labute approximate surface area is 241 Å². The van der Waals surface area contributed by atoms with Crippen LogP contribution in [-0.4, -0.2) is 68.4 Å². The van der Waals surface area contributed by atoms with Gasteiger partial charge >= 0.3 is 0 Å². The van der Waals surface area contributed by atoms with Crippen LogP contribution >= 0.6 is 27.7 Å². The smallest absolute Gasteiger partial charge is 0.248 e. The van der Waals surface area contributed by atoms with Crippen molar-refractivity contribution in [1.29, 1.82) is 0 Å². The third kappa shape index (κ3) is 4.85. The maximum Gasteiger partial charge on any atom is 0.248 e. The zero-order chi connectivity index (χ0) is 27.9. The zero-order valence-corrected chi connectivity index (χ0v) is 24.7. The standard InChI is InChI=1S/C29H34BrN3O5S/c1-4-38-19-11-9-18(10-12-19)31-26(35)21-22-28(37)33(13-6-14-34)25(29(22)15-20(30)24(21)39-29)27(36)32-23-16(2)7-5-8-17(23)3/h5,7-12,20-22,24-25,34H,4,6,13-15H2,1-3H3,(H,31,35)(H,32,36)/t20?,21-,22-,24-,25?,29?/m0/s1. The lowest BCUT2D eigenvalue weighted by Gasteiger charge is -2.35. The summed E-state index contributed by atoms with van der Waals surface area (Å²) in [5.41, 5.74) is 3.26. The monoisotopic (exact) mass is 615 g/mol. The lowest BCUT2D eigenvalue weighted by atomic mass is 9.70. The van der Waals surface area contributed by atoms with Gasteiger partial charge in [0, 0.05) is 34.6 Å². The van der Waals surface area contributed by atoms with E-state index >= 15 is 0 Å². The summed E-state index contributed by atoms with van der Waals surface area (Å²) in [7, 11) is 0. The van der Waals surface area contributed by atoms with Crippen LogP contribution in [0.3, 0.4) is 0 Å². The predicted molar refractivity (Wildman–Crippen MR) is 156 cm³/mol. The average molecular weight is 617 g/mol. The van der Waals surface area contributed by atoms with Crippen molar-refractivity contribution in [2.75, 3.05) is 30.4 Å². The quantitative estimate of drug-likeness (QED) is 0.366. The molecule has 3 fully saturated rings. The number of benzene rings is 2. The van der Waals surface area contributed by atoms with E-state index in [1.807, 2.05) is 39.0 Å². The van der Waals surface area contributed by atoms with Crippen LogP contribution in [-0.2, 0) is 14.4 Å². The van der Waals surface area contributed by atoms with Crippen LogP contribution in [0.5, 0.6) is 5.75 Å². The molecule has 10 heteroatoms. The lowest BCUT2D eigenvalue weighted by Crippen LogP contribution is -2.53. The molecule has 5 rings (SSSR count). The number of likely N-dealkylation sites (tertiary alicyclic amines) is 1. The van der Waals surface area contributed by atoms with E-state index in [1.165, 1.54) is 0 Å². The van der Waals surface area contributed by atoms with Gasteiger partial charge in [0.25, 0.3) is 0 Å². The molecule has 3 heterocycles. The van der Waals surface area contributed by atoms with Crippen molar-refractivity contribution >= 4 is 56.8 Å². The van der Waals surface area contributed by atoms with Gasteiger partial charge in [-0.1, -0.05) is 34.1 Å². The Morgan fingerprint density at radius 1 is 1.13 bits per heavy atom. The number of hydrogen-bond acceptors (Lipinski definition) is 6. The molecule has 0 radical (unpaired) electrons. The highest BCUT2D eigenvalue weighted by molar-refractivity contribution is 9.09. The number of amides is 3. The number of aliphatic hydroxyl groups is 1. The van der Waals surface area contributed by atoms with Gasteiger partial charge < -0.3 is 25.4 Å². The van der Waals surface area contributed by atoms with E-state index in [4.69, 9.17) is 4.74 Å². The summed E-state index contributed by atoms with van der Waals surface area (Å²) in [6.45, 7) is 6.51. The Hall–Kier alpha value is -2.56. The van der Waals surface area contributed by atoms with Crippen LogP contribution in [0, 0.1) is 25.7 Å². The fourth-order valence-electron chi connectivity index (χ4n) is 6.44. The molecule has 39 heavy (non-hydrogen) atoms. The van der Waals surface area contributed by atoms with Crippen LogP contribution in [0.4, 0.5) is 11.4 Å². The predicted octanol–water partition coefficient (Wildman–Crippen LogP) is 4.13. The van der Waals surface area contributed by atoms with Gasteiger partial charge in [0.1, 0.15) is 11.8 Å². The molecule has 6 atom stereocenters. The first kappa shape index (κ1) is 28.0. The van der Waals surface area contributed by atoms with Gasteiger partial charge in [0.05, 0.1) is 23.2 Å². The number of para-hydroxylation sites is 1. The number of hydrogen-bond donors (Lipinski definition) is 3. The number of aryl methyl sites for hydroxylation is 2. The summed E-state index contributed by atoms with van der Waals surface area (Å²) in [6, 6.07) is 12.3. The van der Waals surface area contributed by atoms with Crippen LogP contribution in [0.15, 0.2) is 42.5 Å². The van der Waals surface area contributed by atoms with Crippen LogP contribution in [0.2, 0.25) is 0 Å². The molecule has 208 valence electrons. The number of ether oxygens (including phenoxy) is 1. The van der Waals surface area contributed by atoms with Crippen LogP contribution in [0.25, 0.3) is 0 Å². The van der Waals surface area contributed by atoms with Gasteiger partial charge in [-0.15, -0.1) is 11.8 Å². The number of rotatable bonds is 9. The second-order valence-corrected chi connectivity index (χ2v) is 13.2. The molecule has 3 amide bonds. The Morgan fingerprint density at radius 2 is 1.82 bits per heavy atom. The fraction of sp³-hybridized carbons (Fsp3) is 0.483. The van der Waals surface area contributed by atoms with E-state index in [1.54, 1.807) is 40.9 Å². The maximum absolute atomic E-state index is 14.0. The number of fused-ring (bicyclic) bond motifs is 1. The third-order valence-electron chi connectivity index (χ3n) is 8.06. The molecule has 3 N–H and O–H groups in total. The number of anilines is 2. The van der Waals surface area contributed by atoms with Crippen molar-refractivity contribution < 1.29 is 24.2 Å². The minimum Gasteiger partial charge on any atom is -0.494 e. The first-order chi connectivity index (χ1) is 18.7. The molecule has 3 aliphatic rings. The number of carbonyl (C=O) groups is 3. The number of halogens is 1. The third-order valence-corrected chi connectivity index (χ3v) is 11.3. The molecule has 2 aromatic carbocycles. The van der Waals surface area contributed by atoms with Gasteiger partial charge in [-0.3, -0.25) is 14.4 Å². The summed E-state index contributed by atoms with van der Waals surface area (Å²) < 4.78 is 4.75. The van der Waals surface area contributed by atoms with E-state index in [0.717, 1.165) is 16.8 Å². The molecule has 8 nitrogen and oxygen atoms in total. The summed E-state index contributed by atoms with van der Waals surface area (Å²) >= 11 is 5.38. The molecule has 1 spiro atoms. The first-order valence-electron chi connectivity index (χ1n) is 13.4. The molecule has 3 saturated heterocycles. The van der Waals surface area contributed by atoms with Gasteiger partial charge in [-0.2, -0.15) is 0 Å². The Morgan fingerprint density at radius 3 is 2.46 bits per heavy atom. The fourth-order valence-corrected chi connectivity index (χ4v) is 10.1. The van der Waals surface area contributed by atoms with Gasteiger partial charge in [-0.25, -0.2) is 0 Å². The largest absolute Gasteiger partial charge is 0.494 e. The highest BCUT2D eigenvalue weighted by Crippen LogP contribution is 2.67. The van der Waals surface area contributed by atoms with Crippen molar-refractivity contribution in [2.45, 2.75) is 54.5 Å². The molecular weight excluding hydrogens is 582 g/mol. The SMILES string of the molecule is CCOc1ccc(NC(=O)[C@H]2[C@H]3C(=O)N(CCCO)C(C(=O)Nc4c(C)cccc4C)C34CC(Br)[C@@H]2S4)cc1. The lowest BCUT2D eigenvalue weighted by molar-refractivity contribution is -0.138. The summed E-state index contributed by atoms with van der Waals surface area (Å²) in [6.07, 6.45) is 0.961. The number of alkyl halides is 1. The van der Waals surface area contributed by atoms with Gasteiger partial charge in [0.2, 0.25) is 17.7 Å². The molecule has 0 saturated carbocycles. The van der Waals surface area contributed by atoms with Crippen molar-refractivity contribution in [3.63, 3.8) is 0 Å². The minimum absolute atomic E-state index is 0.0177. The number of thioether (sulfide) groups is 1. The summed E-state index contributed by atoms with van der Waals surface area (Å²) in [5.74, 6) is -1.17. The van der Waals surface area contributed by atoms with E-state index in [9.17, 15) is 19.5 Å². The van der Waals surface area contributed by atoms with Crippen LogP contribution in [0.1, 0.15) is 30.9 Å². The van der Waals surface area contributed by atoms with Gasteiger partial charge in [0.15, 0.2) is 0 Å². The summed E-state index contributed by atoms with van der Waals surface area (Å²) in [4.78, 5) is 43.3. The molecule has 2 aromatic rings. The molecule has 0 aliphatic carbocycles. The van der Waals surface area contributed by atoms with Crippen molar-refractivity contribution in [2.24, 2.45) is 11.8 Å². The van der Waals surface area contributed by atoms with Crippen molar-refractivity contribution in [3.8, 4) is 5.75 Å². The van der Waals surface area contributed by atoms with E-state index in [2.05, 4.69) is 26.6 Å².